The lowest BCUT2D eigenvalue weighted by Crippen LogP contribution is -1.95. The Labute approximate surface area is 71.2 Å². The standard InChI is InChI=1S/C10H9FO/c1-2-3-8-12-10-7-5-4-6-9(10)11/h4-7H,8H2,1H3. The fourth-order valence-electron chi connectivity index (χ4n) is 0.748. The first kappa shape index (κ1) is 8.61. The summed E-state index contributed by atoms with van der Waals surface area (Å²) in [6.45, 7) is 1.95. The first-order valence-electron chi connectivity index (χ1n) is 3.61. The van der Waals surface area contributed by atoms with Crippen LogP contribution in [0.15, 0.2) is 24.3 Å². The van der Waals surface area contributed by atoms with Crippen LogP contribution in [-0.2, 0) is 0 Å². The van der Waals surface area contributed by atoms with Crippen molar-refractivity contribution in [1.29, 1.82) is 0 Å². The monoisotopic (exact) mass is 164 g/mol. The molecule has 0 atom stereocenters. The molecule has 0 heterocycles. The van der Waals surface area contributed by atoms with Crippen LogP contribution in [0, 0.1) is 17.7 Å². The number of hydrogen-bond acceptors (Lipinski definition) is 1. The van der Waals surface area contributed by atoms with E-state index in [1.165, 1.54) is 6.07 Å². The molecule has 0 unspecified atom stereocenters. The van der Waals surface area contributed by atoms with Gasteiger partial charge in [-0.25, -0.2) is 4.39 Å². The second kappa shape index (κ2) is 4.40. The minimum atomic E-state index is -0.351. The number of para-hydroxylation sites is 1. The van der Waals surface area contributed by atoms with Gasteiger partial charge in [-0.15, -0.1) is 5.92 Å². The third kappa shape index (κ3) is 2.28. The van der Waals surface area contributed by atoms with Gasteiger partial charge in [0.2, 0.25) is 0 Å². The van der Waals surface area contributed by atoms with E-state index in [9.17, 15) is 4.39 Å². The Balaban J connectivity index is 2.61. The normalized spacial score (nSPS) is 8.50. The largest absolute Gasteiger partial charge is 0.478 e. The summed E-state index contributed by atoms with van der Waals surface area (Å²) in [6, 6.07) is 6.27. The minimum Gasteiger partial charge on any atom is -0.478 e. The molecule has 1 nitrogen and oxygen atoms in total. The molecule has 0 aliphatic carbocycles. The van der Waals surface area contributed by atoms with Crippen molar-refractivity contribution in [3.8, 4) is 17.6 Å². The number of hydrogen-bond donors (Lipinski definition) is 0. The van der Waals surface area contributed by atoms with Crippen LogP contribution >= 0.6 is 0 Å². The molecular formula is C10H9FO. The maximum absolute atomic E-state index is 12.8. The molecule has 0 aliphatic heterocycles. The summed E-state index contributed by atoms with van der Waals surface area (Å²) in [6.07, 6.45) is 0. The molecule has 12 heavy (non-hydrogen) atoms. The van der Waals surface area contributed by atoms with E-state index in [2.05, 4.69) is 11.8 Å². The number of rotatable bonds is 2. The Morgan fingerprint density at radius 1 is 1.42 bits per heavy atom. The van der Waals surface area contributed by atoms with Crippen LogP contribution in [-0.4, -0.2) is 6.61 Å². The van der Waals surface area contributed by atoms with Gasteiger partial charge in [0.05, 0.1) is 0 Å². The molecule has 0 radical (unpaired) electrons. The van der Waals surface area contributed by atoms with Crippen LogP contribution in [0.4, 0.5) is 4.39 Å². The molecule has 0 amide bonds. The van der Waals surface area contributed by atoms with E-state index < -0.39 is 0 Å². The highest BCUT2D eigenvalue weighted by atomic mass is 19.1. The van der Waals surface area contributed by atoms with Crippen molar-refractivity contribution in [2.75, 3.05) is 6.61 Å². The lowest BCUT2D eigenvalue weighted by Gasteiger charge is -2.01. The van der Waals surface area contributed by atoms with Crippen molar-refractivity contribution in [3.05, 3.63) is 30.1 Å². The van der Waals surface area contributed by atoms with Crippen LogP contribution < -0.4 is 4.74 Å². The molecule has 0 N–H and O–H groups in total. The first-order chi connectivity index (χ1) is 5.84. The van der Waals surface area contributed by atoms with Gasteiger partial charge < -0.3 is 4.74 Å². The Hall–Kier alpha value is -1.49. The Morgan fingerprint density at radius 2 is 2.17 bits per heavy atom. The van der Waals surface area contributed by atoms with E-state index in [4.69, 9.17) is 4.74 Å². The number of ether oxygens (including phenoxy) is 1. The topological polar surface area (TPSA) is 9.23 Å². The van der Waals surface area contributed by atoms with Gasteiger partial charge in [0.1, 0.15) is 6.61 Å². The van der Waals surface area contributed by atoms with Crippen LogP contribution in [0.2, 0.25) is 0 Å². The minimum absolute atomic E-state index is 0.234. The lowest BCUT2D eigenvalue weighted by atomic mass is 10.3. The third-order valence-electron chi connectivity index (χ3n) is 1.31. The third-order valence-corrected chi connectivity index (χ3v) is 1.31. The fraction of sp³-hybridized carbons (Fsp3) is 0.200. The molecule has 0 spiro atoms. The summed E-state index contributed by atoms with van der Waals surface area (Å²) in [4.78, 5) is 0. The number of benzene rings is 1. The lowest BCUT2D eigenvalue weighted by molar-refractivity contribution is 0.348. The van der Waals surface area contributed by atoms with Gasteiger partial charge in [-0.1, -0.05) is 18.1 Å². The highest BCUT2D eigenvalue weighted by molar-refractivity contribution is 5.24. The van der Waals surface area contributed by atoms with Gasteiger partial charge in [-0.05, 0) is 19.1 Å². The van der Waals surface area contributed by atoms with Gasteiger partial charge >= 0.3 is 0 Å². The van der Waals surface area contributed by atoms with Crippen molar-refractivity contribution in [3.63, 3.8) is 0 Å². The fourth-order valence-corrected chi connectivity index (χ4v) is 0.748. The zero-order chi connectivity index (χ0) is 8.81. The van der Waals surface area contributed by atoms with Crippen molar-refractivity contribution in [1.82, 2.24) is 0 Å². The molecule has 62 valence electrons. The van der Waals surface area contributed by atoms with Crippen LogP contribution in [0.3, 0.4) is 0 Å². The van der Waals surface area contributed by atoms with Gasteiger partial charge in [0, 0.05) is 0 Å². The number of halogens is 1. The molecule has 0 saturated carbocycles. The molecule has 2 heteroatoms. The summed E-state index contributed by atoms with van der Waals surface area (Å²) >= 11 is 0. The molecule has 1 aromatic carbocycles. The SMILES string of the molecule is CC#CCOc1ccccc1F. The zero-order valence-electron chi connectivity index (χ0n) is 6.80. The summed E-state index contributed by atoms with van der Waals surface area (Å²) in [7, 11) is 0. The molecule has 0 aromatic heterocycles. The average molecular weight is 164 g/mol. The average Bonchev–Trinajstić information content (AvgIpc) is 2.09. The summed E-state index contributed by atoms with van der Waals surface area (Å²) in [5.41, 5.74) is 0. The van der Waals surface area contributed by atoms with E-state index in [0.717, 1.165) is 0 Å². The zero-order valence-corrected chi connectivity index (χ0v) is 6.80. The maximum Gasteiger partial charge on any atom is 0.165 e. The van der Waals surface area contributed by atoms with Crippen LogP contribution in [0.1, 0.15) is 6.92 Å². The molecule has 0 bridgehead atoms. The predicted molar refractivity (Wildman–Crippen MR) is 45.3 cm³/mol. The van der Waals surface area contributed by atoms with Crippen LogP contribution in [0.5, 0.6) is 5.75 Å². The smallest absolute Gasteiger partial charge is 0.165 e. The van der Waals surface area contributed by atoms with Crippen LogP contribution in [0.25, 0.3) is 0 Å². The summed E-state index contributed by atoms with van der Waals surface area (Å²) in [5.74, 6) is 5.24. The highest BCUT2D eigenvalue weighted by Crippen LogP contribution is 2.14. The Kier molecular flexibility index (Phi) is 3.16. The molecule has 0 saturated heterocycles. The molecule has 1 aromatic rings. The second-order valence-electron chi connectivity index (χ2n) is 2.15. The van der Waals surface area contributed by atoms with E-state index >= 15 is 0 Å². The predicted octanol–water partition coefficient (Wildman–Crippen LogP) is 2.23. The van der Waals surface area contributed by atoms with E-state index in [-0.39, 0.29) is 18.2 Å². The van der Waals surface area contributed by atoms with Crippen molar-refractivity contribution in [2.24, 2.45) is 0 Å². The van der Waals surface area contributed by atoms with Crippen molar-refractivity contribution < 1.29 is 9.13 Å². The second-order valence-corrected chi connectivity index (χ2v) is 2.15. The first-order valence-corrected chi connectivity index (χ1v) is 3.61. The Morgan fingerprint density at radius 3 is 2.83 bits per heavy atom. The van der Waals surface area contributed by atoms with Gasteiger partial charge in [-0.2, -0.15) is 0 Å². The Bertz CT molecular complexity index is 309. The quantitative estimate of drug-likeness (QED) is 0.609. The summed E-state index contributed by atoms with van der Waals surface area (Å²) < 4.78 is 17.9. The van der Waals surface area contributed by atoms with Crippen molar-refractivity contribution >= 4 is 0 Å². The van der Waals surface area contributed by atoms with Crippen molar-refractivity contribution in [2.45, 2.75) is 6.92 Å². The molecule has 1 rings (SSSR count). The summed E-state index contributed by atoms with van der Waals surface area (Å²) in [5, 5.41) is 0. The van der Waals surface area contributed by atoms with Gasteiger partial charge in [0.25, 0.3) is 0 Å². The van der Waals surface area contributed by atoms with E-state index in [0.29, 0.717) is 0 Å². The van der Waals surface area contributed by atoms with Gasteiger partial charge in [-0.3, -0.25) is 0 Å². The highest BCUT2D eigenvalue weighted by Gasteiger charge is 1.98. The van der Waals surface area contributed by atoms with E-state index in [1.54, 1.807) is 25.1 Å². The molecule has 0 aliphatic rings. The maximum atomic E-state index is 12.8. The molecule has 0 fully saturated rings. The van der Waals surface area contributed by atoms with Gasteiger partial charge in [0.15, 0.2) is 11.6 Å². The molecular weight excluding hydrogens is 155 g/mol. The van der Waals surface area contributed by atoms with E-state index in [1.807, 2.05) is 0 Å².